The third kappa shape index (κ3) is 5.19. The fourth-order valence-corrected chi connectivity index (χ4v) is 3.92. The van der Waals surface area contributed by atoms with Gasteiger partial charge in [-0.1, -0.05) is 30.3 Å². The molecule has 0 spiro atoms. The lowest BCUT2D eigenvalue weighted by atomic mass is 9.89. The first-order valence-electron chi connectivity index (χ1n) is 10.9. The van der Waals surface area contributed by atoms with E-state index in [0.29, 0.717) is 29.5 Å². The summed E-state index contributed by atoms with van der Waals surface area (Å²) in [5, 5.41) is 47.9. The van der Waals surface area contributed by atoms with Crippen molar-refractivity contribution in [3.63, 3.8) is 0 Å². The van der Waals surface area contributed by atoms with Crippen LogP contribution in [0.1, 0.15) is 28.4 Å². The Hall–Kier alpha value is -3.08. The molecule has 0 bridgehead atoms. The van der Waals surface area contributed by atoms with E-state index in [2.05, 4.69) is 10.2 Å². The maximum absolute atomic E-state index is 10.5. The van der Waals surface area contributed by atoms with Crippen LogP contribution in [0.25, 0.3) is 0 Å². The van der Waals surface area contributed by atoms with Gasteiger partial charge in [0.15, 0.2) is 0 Å². The average molecular weight is 469 g/mol. The minimum atomic E-state index is -1.41. The van der Waals surface area contributed by atoms with Crippen LogP contribution < -0.4 is 9.47 Å². The molecule has 4 N–H and O–H groups in total. The lowest BCUT2D eigenvalue weighted by Gasteiger charge is -2.40. The van der Waals surface area contributed by atoms with Crippen LogP contribution in [0.4, 0.5) is 0 Å². The third-order valence-corrected chi connectivity index (χ3v) is 5.96. The number of rotatable bonds is 7. The van der Waals surface area contributed by atoms with E-state index in [4.69, 9.17) is 14.2 Å². The maximum atomic E-state index is 10.5. The summed E-state index contributed by atoms with van der Waals surface area (Å²) < 4.78 is 16.4. The summed E-state index contributed by atoms with van der Waals surface area (Å²) in [6, 6.07) is 16.6. The highest BCUT2D eigenvalue weighted by Gasteiger charge is 2.43. The summed E-state index contributed by atoms with van der Waals surface area (Å²) in [5.74, 6) is 1.38. The van der Waals surface area contributed by atoms with Crippen LogP contribution in [0.15, 0.2) is 54.6 Å². The fraction of sp³-hybridized carbons (Fsp3) is 0.360. The lowest BCUT2D eigenvalue weighted by molar-refractivity contribution is -0.231. The van der Waals surface area contributed by atoms with Gasteiger partial charge in [0.1, 0.15) is 36.3 Å². The predicted molar refractivity (Wildman–Crippen MR) is 122 cm³/mol. The van der Waals surface area contributed by atoms with Gasteiger partial charge in [0.2, 0.25) is 11.8 Å². The Bertz CT molecular complexity index is 1090. The summed E-state index contributed by atoms with van der Waals surface area (Å²) in [6.45, 7) is 1.53. The number of hydrogen-bond acceptors (Lipinski definition) is 9. The van der Waals surface area contributed by atoms with Crippen molar-refractivity contribution in [2.24, 2.45) is 0 Å². The van der Waals surface area contributed by atoms with E-state index in [1.165, 1.54) is 7.11 Å². The number of hydrogen-bond donors (Lipinski definition) is 4. The molecular weight excluding hydrogens is 440 g/mol. The third-order valence-electron chi connectivity index (χ3n) is 5.96. The first-order chi connectivity index (χ1) is 16.4. The van der Waals surface area contributed by atoms with Crippen molar-refractivity contribution >= 4 is 0 Å². The molecule has 34 heavy (non-hydrogen) atoms. The second kappa shape index (κ2) is 10.5. The molecular formula is C25H28N2O7. The van der Waals surface area contributed by atoms with Crippen molar-refractivity contribution in [1.29, 1.82) is 0 Å². The standard InChI is InChI=1S/C25H28N2O7/c1-14-3-6-16(25-24(31)23(30)22(29)19(13-28)34-25)12-17(14)11-15-4-7-18(8-5-15)33-21-10-9-20(32-2)26-27-21/h3-10,12,19,22-25,28-31H,11,13H2,1-2H3/t19-,22-,23?,24-,25+/m1/s1. The van der Waals surface area contributed by atoms with Crippen LogP contribution in [0.2, 0.25) is 0 Å². The van der Waals surface area contributed by atoms with Gasteiger partial charge in [-0.15, -0.1) is 10.2 Å². The first kappa shape index (κ1) is 24.1. The zero-order valence-corrected chi connectivity index (χ0v) is 18.9. The van der Waals surface area contributed by atoms with Crippen molar-refractivity contribution in [2.45, 2.75) is 43.9 Å². The number of benzene rings is 2. The Kier molecular flexibility index (Phi) is 7.40. The molecule has 1 fully saturated rings. The summed E-state index contributed by atoms with van der Waals surface area (Å²) >= 11 is 0. The Morgan fingerprint density at radius 1 is 0.882 bits per heavy atom. The molecule has 1 aromatic heterocycles. The Morgan fingerprint density at radius 2 is 1.59 bits per heavy atom. The molecule has 0 amide bonds. The fourth-order valence-electron chi connectivity index (χ4n) is 3.92. The molecule has 5 atom stereocenters. The molecule has 180 valence electrons. The molecule has 0 saturated carbocycles. The minimum Gasteiger partial charge on any atom is -0.480 e. The van der Waals surface area contributed by atoms with Gasteiger partial charge < -0.3 is 34.6 Å². The molecule has 4 rings (SSSR count). The van der Waals surface area contributed by atoms with Crippen molar-refractivity contribution in [3.8, 4) is 17.5 Å². The Labute approximate surface area is 197 Å². The summed E-state index contributed by atoms with van der Waals surface area (Å²) in [6.07, 6.45) is -5.30. The normalized spacial score (nSPS) is 24.6. The molecule has 1 saturated heterocycles. The van der Waals surface area contributed by atoms with Gasteiger partial charge >= 0.3 is 0 Å². The number of aliphatic hydroxyl groups is 4. The molecule has 1 aliphatic rings. The van der Waals surface area contributed by atoms with Crippen molar-refractivity contribution in [3.05, 3.63) is 76.9 Å². The van der Waals surface area contributed by atoms with Gasteiger partial charge in [-0.2, -0.15) is 0 Å². The first-order valence-corrected chi connectivity index (χ1v) is 10.9. The van der Waals surface area contributed by atoms with Crippen LogP contribution in [0, 0.1) is 6.92 Å². The summed E-state index contributed by atoms with van der Waals surface area (Å²) in [5.41, 5.74) is 3.78. The molecule has 9 nitrogen and oxygen atoms in total. The number of aryl methyl sites for hydroxylation is 1. The van der Waals surface area contributed by atoms with E-state index in [0.717, 1.165) is 16.7 Å². The van der Waals surface area contributed by atoms with Gasteiger partial charge in [0, 0.05) is 12.1 Å². The van der Waals surface area contributed by atoms with Crippen molar-refractivity contribution in [1.82, 2.24) is 10.2 Å². The smallest absolute Gasteiger partial charge is 0.239 e. The Balaban J connectivity index is 1.48. The number of aliphatic hydroxyl groups excluding tert-OH is 4. The van der Waals surface area contributed by atoms with E-state index < -0.39 is 37.1 Å². The average Bonchev–Trinajstić information content (AvgIpc) is 2.86. The quantitative estimate of drug-likeness (QED) is 0.409. The van der Waals surface area contributed by atoms with Crippen LogP contribution in [-0.2, 0) is 11.2 Å². The van der Waals surface area contributed by atoms with Crippen LogP contribution >= 0.6 is 0 Å². The molecule has 9 heteroatoms. The highest BCUT2D eigenvalue weighted by molar-refractivity contribution is 5.39. The number of aromatic nitrogens is 2. The molecule has 0 aliphatic carbocycles. The summed E-state index contributed by atoms with van der Waals surface area (Å²) in [7, 11) is 1.52. The largest absolute Gasteiger partial charge is 0.480 e. The second-order valence-corrected chi connectivity index (χ2v) is 8.27. The van der Waals surface area contributed by atoms with Crippen molar-refractivity contribution in [2.75, 3.05) is 13.7 Å². The van der Waals surface area contributed by atoms with E-state index >= 15 is 0 Å². The van der Waals surface area contributed by atoms with Gasteiger partial charge in [-0.25, -0.2) is 0 Å². The second-order valence-electron chi connectivity index (χ2n) is 8.27. The topological polar surface area (TPSA) is 134 Å². The SMILES string of the molecule is COc1ccc(Oc2ccc(Cc3cc([C@@H]4O[C@H](CO)[C@@H](O)C(O)[C@H]4O)ccc3C)cc2)nn1. The molecule has 2 heterocycles. The van der Waals surface area contributed by atoms with E-state index in [-0.39, 0.29) is 0 Å². The van der Waals surface area contributed by atoms with E-state index in [1.54, 1.807) is 12.1 Å². The van der Waals surface area contributed by atoms with Gasteiger partial charge in [0.25, 0.3) is 0 Å². The number of nitrogens with zero attached hydrogens (tertiary/aromatic N) is 2. The molecule has 3 aromatic rings. The highest BCUT2D eigenvalue weighted by atomic mass is 16.5. The molecule has 0 radical (unpaired) electrons. The zero-order valence-electron chi connectivity index (χ0n) is 18.9. The molecule has 1 unspecified atom stereocenters. The molecule has 2 aromatic carbocycles. The Morgan fingerprint density at radius 3 is 2.24 bits per heavy atom. The van der Waals surface area contributed by atoms with Crippen LogP contribution in [0.5, 0.6) is 17.5 Å². The van der Waals surface area contributed by atoms with Crippen LogP contribution in [-0.4, -0.2) is 68.8 Å². The lowest BCUT2D eigenvalue weighted by Crippen LogP contribution is -2.55. The number of ether oxygens (including phenoxy) is 3. The van der Waals surface area contributed by atoms with Gasteiger partial charge in [-0.05, 0) is 47.7 Å². The highest BCUT2D eigenvalue weighted by Crippen LogP contribution is 2.33. The minimum absolute atomic E-state index is 0.358. The van der Waals surface area contributed by atoms with Gasteiger partial charge in [-0.3, -0.25) is 0 Å². The predicted octanol–water partition coefficient (Wildman–Crippen LogP) is 1.69. The maximum Gasteiger partial charge on any atom is 0.239 e. The number of methoxy groups -OCH3 is 1. The molecule has 1 aliphatic heterocycles. The zero-order chi connectivity index (χ0) is 24.2. The van der Waals surface area contributed by atoms with E-state index in [1.807, 2.05) is 49.4 Å². The van der Waals surface area contributed by atoms with Gasteiger partial charge in [0.05, 0.1) is 13.7 Å². The van der Waals surface area contributed by atoms with E-state index in [9.17, 15) is 20.4 Å². The summed E-state index contributed by atoms with van der Waals surface area (Å²) in [4.78, 5) is 0. The van der Waals surface area contributed by atoms with Crippen LogP contribution in [0.3, 0.4) is 0 Å². The van der Waals surface area contributed by atoms with Crippen molar-refractivity contribution < 1.29 is 34.6 Å². The monoisotopic (exact) mass is 468 g/mol.